The first kappa shape index (κ1) is 16.8. The summed E-state index contributed by atoms with van der Waals surface area (Å²) < 4.78 is 32.1. The highest BCUT2D eigenvalue weighted by Gasteiger charge is 2.15. The van der Waals surface area contributed by atoms with Crippen molar-refractivity contribution in [3.05, 3.63) is 54.1 Å². The Bertz CT molecular complexity index is 769. The zero-order valence-electron chi connectivity index (χ0n) is 12.9. The SMILES string of the molecule is CCNC(=O)c1ccc(S(=O)(=O)Nc2ccc(OC)cc2)cc1. The molecule has 0 bridgehead atoms. The lowest BCUT2D eigenvalue weighted by Gasteiger charge is -2.09. The molecule has 0 aromatic heterocycles. The summed E-state index contributed by atoms with van der Waals surface area (Å²) in [6, 6.07) is 12.3. The summed E-state index contributed by atoms with van der Waals surface area (Å²) >= 11 is 0. The number of amides is 1. The van der Waals surface area contributed by atoms with Crippen molar-refractivity contribution in [2.75, 3.05) is 18.4 Å². The summed E-state index contributed by atoms with van der Waals surface area (Å²) in [5.74, 6) is 0.402. The Morgan fingerprint density at radius 3 is 2.17 bits per heavy atom. The van der Waals surface area contributed by atoms with Gasteiger partial charge in [0.15, 0.2) is 0 Å². The van der Waals surface area contributed by atoms with Crippen LogP contribution >= 0.6 is 0 Å². The molecule has 1 amide bonds. The lowest BCUT2D eigenvalue weighted by atomic mass is 10.2. The number of ether oxygens (including phenoxy) is 1. The van der Waals surface area contributed by atoms with E-state index in [-0.39, 0.29) is 10.8 Å². The Balaban J connectivity index is 2.16. The van der Waals surface area contributed by atoms with E-state index in [4.69, 9.17) is 4.74 Å². The van der Waals surface area contributed by atoms with Crippen LogP contribution < -0.4 is 14.8 Å². The van der Waals surface area contributed by atoms with Gasteiger partial charge in [0.05, 0.1) is 12.0 Å². The molecule has 0 spiro atoms. The molecule has 2 N–H and O–H groups in total. The Morgan fingerprint density at radius 2 is 1.65 bits per heavy atom. The van der Waals surface area contributed by atoms with E-state index in [0.29, 0.717) is 23.5 Å². The fourth-order valence-electron chi connectivity index (χ4n) is 1.92. The number of nitrogens with one attached hydrogen (secondary N) is 2. The molecule has 0 aliphatic heterocycles. The number of carbonyl (C=O) groups excluding carboxylic acids is 1. The van der Waals surface area contributed by atoms with Crippen LogP contribution in [0.5, 0.6) is 5.75 Å². The molecule has 0 aliphatic carbocycles. The molecule has 122 valence electrons. The van der Waals surface area contributed by atoms with E-state index < -0.39 is 10.0 Å². The van der Waals surface area contributed by atoms with Crippen LogP contribution in [0.4, 0.5) is 5.69 Å². The molecule has 23 heavy (non-hydrogen) atoms. The minimum absolute atomic E-state index is 0.0846. The highest BCUT2D eigenvalue weighted by atomic mass is 32.2. The summed E-state index contributed by atoms with van der Waals surface area (Å²) in [6.45, 7) is 2.33. The van der Waals surface area contributed by atoms with Crippen molar-refractivity contribution in [3.8, 4) is 5.75 Å². The molecule has 2 aromatic rings. The Labute approximate surface area is 135 Å². The molecule has 2 aromatic carbocycles. The number of sulfonamides is 1. The van der Waals surface area contributed by atoms with Crippen molar-refractivity contribution in [3.63, 3.8) is 0 Å². The highest BCUT2D eigenvalue weighted by molar-refractivity contribution is 7.92. The van der Waals surface area contributed by atoms with Gasteiger partial charge in [0.25, 0.3) is 15.9 Å². The summed E-state index contributed by atoms with van der Waals surface area (Å²) in [7, 11) is -2.17. The van der Waals surface area contributed by atoms with Gasteiger partial charge >= 0.3 is 0 Å². The second-order valence-electron chi connectivity index (χ2n) is 4.72. The van der Waals surface area contributed by atoms with E-state index in [1.54, 1.807) is 24.3 Å². The van der Waals surface area contributed by atoms with Crippen LogP contribution in [0.1, 0.15) is 17.3 Å². The predicted octanol–water partition coefficient (Wildman–Crippen LogP) is 2.25. The van der Waals surface area contributed by atoms with Crippen molar-refractivity contribution < 1.29 is 17.9 Å². The molecule has 0 radical (unpaired) electrons. The topological polar surface area (TPSA) is 84.5 Å². The molecule has 0 saturated carbocycles. The van der Waals surface area contributed by atoms with E-state index >= 15 is 0 Å². The average Bonchev–Trinajstić information content (AvgIpc) is 2.55. The first-order valence-corrected chi connectivity index (χ1v) is 8.49. The van der Waals surface area contributed by atoms with Crippen LogP contribution in [-0.2, 0) is 10.0 Å². The van der Waals surface area contributed by atoms with Gasteiger partial charge in [0.1, 0.15) is 5.75 Å². The largest absolute Gasteiger partial charge is 0.497 e. The molecule has 0 fully saturated rings. The zero-order valence-corrected chi connectivity index (χ0v) is 13.7. The van der Waals surface area contributed by atoms with Crippen LogP contribution in [0.25, 0.3) is 0 Å². The van der Waals surface area contributed by atoms with Gasteiger partial charge < -0.3 is 10.1 Å². The number of rotatable bonds is 6. The first-order valence-electron chi connectivity index (χ1n) is 7.01. The number of anilines is 1. The lowest BCUT2D eigenvalue weighted by Crippen LogP contribution is -2.22. The first-order chi connectivity index (χ1) is 11.0. The highest BCUT2D eigenvalue weighted by Crippen LogP contribution is 2.19. The molecule has 2 rings (SSSR count). The zero-order chi connectivity index (χ0) is 16.9. The second-order valence-corrected chi connectivity index (χ2v) is 6.40. The molecular weight excluding hydrogens is 316 g/mol. The smallest absolute Gasteiger partial charge is 0.261 e. The third-order valence-electron chi connectivity index (χ3n) is 3.11. The van der Waals surface area contributed by atoms with Gasteiger partial charge in [-0.15, -0.1) is 0 Å². The standard InChI is InChI=1S/C16H18N2O4S/c1-3-17-16(19)12-4-10-15(11-5-12)23(20,21)18-13-6-8-14(22-2)9-7-13/h4-11,18H,3H2,1-2H3,(H,17,19). The average molecular weight is 334 g/mol. The Hall–Kier alpha value is -2.54. The van der Waals surface area contributed by atoms with E-state index in [1.807, 2.05) is 6.92 Å². The van der Waals surface area contributed by atoms with Crippen LogP contribution in [0.3, 0.4) is 0 Å². The number of methoxy groups -OCH3 is 1. The molecule has 6 nitrogen and oxygen atoms in total. The van der Waals surface area contributed by atoms with E-state index in [0.717, 1.165) is 0 Å². The van der Waals surface area contributed by atoms with E-state index in [2.05, 4.69) is 10.0 Å². The molecule has 0 unspecified atom stereocenters. The third kappa shape index (κ3) is 4.23. The van der Waals surface area contributed by atoms with Crippen molar-refractivity contribution >= 4 is 21.6 Å². The second kappa shape index (κ2) is 7.15. The maximum Gasteiger partial charge on any atom is 0.261 e. The third-order valence-corrected chi connectivity index (χ3v) is 4.50. The van der Waals surface area contributed by atoms with Crippen LogP contribution in [0.2, 0.25) is 0 Å². The van der Waals surface area contributed by atoms with Gasteiger partial charge in [-0.25, -0.2) is 8.42 Å². The van der Waals surface area contributed by atoms with Gasteiger partial charge in [-0.2, -0.15) is 0 Å². The van der Waals surface area contributed by atoms with Crippen LogP contribution in [0.15, 0.2) is 53.4 Å². The molecule has 0 heterocycles. The quantitative estimate of drug-likeness (QED) is 0.848. The van der Waals surface area contributed by atoms with Gasteiger partial charge in [-0.1, -0.05) is 0 Å². The number of carbonyl (C=O) groups is 1. The van der Waals surface area contributed by atoms with Crippen molar-refractivity contribution in [1.82, 2.24) is 5.32 Å². The summed E-state index contributed by atoms with van der Waals surface area (Å²) in [4.78, 5) is 11.8. The molecular formula is C16H18N2O4S. The minimum Gasteiger partial charge on any atom is -0.497 e. The van der Waals surface area contributed by atoms with Gasteiger partial charge in [0.2, 0.25) is 0 Å². The summed E-state index contributed by atoms with van der Waals surface area (Å²) in [5.41, 5.74) is 0.842. The van der Waals surface area contributed by atoms with E-state index in [1.165, 1.54) is 31.4 Å². The van der Waals surface area contributed by atoms with Crippen LogP contribution in [0, 0.1) is 0 Å². The number of hydrogen-bond acceptors (Lipinski definition) is 4. The fourth-order valence-corrected chi connectivity index (χ4v) is 2.98. The molecule has 0 atom stereocenters. The maximum atomic E-state index is 12.3. The van der Waals surface area contributed by atoms with Crippen molar-refractivity contribution in [2.24, 2.45) is 0 Å². The van der Waals surface area contributed by atoms with Crippen LogP contribution in [-0.4, -0.2) is 28.0 Å². The van der Waals surface area contributed by atoms with Gasteiger partial charge in [0, 0.05) is 17.8 Å². The van der Waals surface area contributed by atoms with E-state index in [9.17, 15) is 13.2 Å². The Morgan fingerprint density at radius 1 is 1.04 bits per heavy atom. The molecule has 7 heteroatoms. The maximum absolute atomic E-state index is 12.3. The molecule has 0 aliphatic rings. The molecule has 0 saturated heterocycles. The Kier molecular flexibility index (Phi) is 5.23. The summed E-state index contributed by atoms with van der Waals surface area (Å²) in [6.07, 6.45) is 0. The number of hydrogen-bond donors (Lipinski definition) is 2. The van der Waals surface area contributed by atoms with Crippen molar-refractivity contribution in [2.45, 2.75) is 11.8 Å². The summed E-state index contributed by atoms with van der Waals surface area (Å²) in [5, 5.41) is 2.65. The normalized spacial score (nSPS) is 10.9. The number of benzene rings is 2. The fraction of sp³-hybridized carbons (Fsp3) is 0.188. The van der Waals surface area contributed by atoms with Crippen molar-refractivity contribution in [1.29, 1.82) is 0 Å². The predicted molar refractivity (Wildman–Crippen MR) is 88.3 cm³/mol. The lowest BCUT2D eigenvalue weighted by molar-refractivity contribution is 0.0955. The monoisotopic (exact) mass is 334 g/mol. The van der Waals surface area contributed by atoms with Gasteiger partial charge in [-0.3, -0.25) is 9.52 Å². The minimum atomic E-state index is -3.71. The van der Waals surface area contributed by atoms with Gasteiger partial charge in [-0.05, 0) is 55.5 Å².